The lowest BCUT2D eigenvalue weighted by atomic mass is 9.85. The summed E-state index contributed by atoms with van der Waals surface area (Å²) < 4.78 is 5.39. The third-order valence-corrected chi connectivity index (χ3v) is 4.72. The molecule has 0 amide bonds. The minimum atomic E-state index is -0.124. The van der Waals surface area contributed by atoms with Gasteiger partial charge < -0.3 is 10.3 Å². The van der Waals surface area contributed by atoms with Crippen molar-refractivity contribution in [3.8, 4) is 0 Å². The molecule has 0 spiro atoms. The van der Waals surface area contributed by atoms with Crippen LogP contribution >= 0.6 is 0 Å². The standard InChI is InChI=1S/C18H25N3O/c1-13-7-5-6-10-15(13)12-17-20-18(22-21-17)16(19)11-14-8-3-2-4-9-14/h5-7,10,14,16H,2-4,8-9,11-12,19H2,1H3. The highest BCUT2D eigenvalue weighted by atomic mass is 16.5. The predicted molar refractivity (Wildman–Crippen MR) is 86.4 cm³/mol. The summed E-state index contributed by atoms with van der Waals surface area (Å²) in [5.74, 6) is 2.04. The van der Waals surface area contributed by atoms with Gasteiger partial charge >= 0.3 is 0 Å². The van der Waals surface area contributed by atoms with E-state index in [4.69, 9.17) is 10.3 Å². The molecule has 0 bridgehead atoms. The molecule has 4 nitrogen and oxygen atoms in total. The van der Waals surface area contributed by atoms with Crippen molar-refractivity contribution < 1.29 is 4.52 Å². The molecule has 4 heteroatoms. The molecule has 0 aliphatic heterocycles. The van der Waals surface area contributed by atoms with E-state index in [0.29, 0.717) is 12.3 Å². The molecular formula is C18H25N3O. The van der Waals surface area contributed by atoms with E-state index in [9.17, 15) is 0 Å². The number of aryl methyl sites for hydroxylation is 1. The molecule has 2 aromatic rings. The van der Waals surface area contributed by atoms with Gasteiger partial charge in [0.05, 0.1) is 6.04 Å². The van der Waals surface area contributed by atoms with Crippen LogP contribution in [0.4, 0.5) is 0 Å². The number of nitrogens with zero attached hydrogens (tertiary/aromatic N) is 2. The average molecular weight is 299 g/mol. The Hall–Kier alpha value is -1.68. The van der Waals surface area contributed by atoms with E-state index in [2.05, 4.69) is 29.2 Å². The first-order valence-electron chi connectivity index (χ1n) is 8.35. The maximum absolute atomic E-state index is 6.27. The summed E-state index contributed by atoms with van der Waals surface area (Å²) in [5, 5.41) is 4.10. The molecule has 1 atom stereocenters. The maximum Gasteiger partial charge on any atom is 0.243 e. The molecule has 1 fully saturated rings. The van der Waals surface area contributed by atoms with Crippen LogP contribution in [-0.4, -0.2) is 10.1 Å². The van der Waals surface area contributed by atoms with Crippen molar-refractivity contribution in [1.29, 1.82) is 0 Å². The monoisotopic (exact) mass is 299 g/mol. The Morgan fingerprint density at radius 1 is 1.23 bits per heavy atom. The summed E-state index contributed by atoms with van der Waals surface area (Å²) in [4.78, 5) is 4.51. The summed E-state index contributed by atoms with van der Waals surface area (Å²) in [6.45, 7) is 2.10. The Kier molecular flexibility index (Phi) is 4.88. The Labute approximate surface area is 132 Å². The van der Waals surface area contributed by atoms with Gasteiger partial charge in [-0.25, -0.2) is 0 Å². The molecule has 1 aliphatic rings. The van der Waals surface area contributed by atoms with Crippen molar-refractivity contribution in [2.45, 2.75) is 57.9 Å². The Balaban J connectivity index is 1.61. The van der Waals surface area contributed by atoms with Crippen molar-refractivity contribution in [1.82, 2.24) is 10.1 Å². The molecule has 0 saturated heterocycles. The van der Waals surface area contributed by atoms with E-state index in [1.807, 2.05) is 12.1 Å². The Bertz CT molecular complexity index is 602. The van der Waals surface area contributed by atoms with Crippen molar-refractivity contribution in [3.63, 3.8) is 0 Å². The van der Waals surface area contributed by atoms with Crippen LogP contribution < -0.4 is 5.73 Å². The van der Waals surface area contributed by atoms with Gasteiger partial charge in [0.1, 0.15) is 0 Å². The molecule has 2 N–H and O–H groups in total. The molecule has 1 unspecified atom stereocenters. The first-order valence-corrected chi connectivity index (χ1v) is 8.35. The highest BCUT2D eigenvalue weighted by Gasteiger charge is 2.21. The summed E-state index contributed by atoms with van der Waals surface area (Å²) in [6.07, 6.45) is 8.28. The summed E-state index contributed by atoms with van der Waals surface area (Å²) in [5.41, 5.74) is 8.75. The molecule has 22 heavy (non-hydrogen) atoms. The van der Waals surface area contributed by atoms with E-state index >= 15 is 0 Å². The van der Waals surface area contributed by atoms with Crippen LogP contribution in [0, 0.1) is 12.8 Å². The molecule has 1 heterocycles. The molecule has 1 aromatic heterocycles. The van der Waals surface area contributed by atoms with Gasteiger partial charge in [0, 0.05) is 6.42 Å². The van der Waals surface area contributed by atoms with Gasteiger partial charge in [0.2, 0.25) is 5.89 Å². The van der Waals surface area contributed by atoms with Crippen molar-refractivity contribution in [2.24, 2.45) is 11.7 Å². The second-order valence-electron chi connectivity index (χ2n) is 6.50. The average Bonchev–Trinajstić information content (AvgIpc) is 2.99. The van der Waals surface area contributed by atoms with Crippen LogP contribution in [0.15, 0.2) is 28.8 Å². The molecular weight excluding hydrogens is 274 g/mol. The van der Waals surface area contributed by atoms with Gasteiger partial charge in [-0.1, -0.05) is 61.5 Å². The minimum absolute atomic E-state index is 0.124. The molecule has 3 rings (SSSR count). The third kappa shape index (κ3) is 3.74. The lowest BCUT2D eigenvalue weighted by molar-refractivity contribution is 0.283. The Morgan fingerprint density at radius 3 is 2.77 bits per heavy atom. The molecule has 1 aromatic carbocycles. The fourth-order valence-electron chi connectivity index (χ4n) is 3.35. The number of hydrogen-bond acceptors (Lipinski definition) is 4. The van der Waals surface area contributed by atoms with E-state index in [1.165, 1.54) is 43.2 Å². The second kappa shape index (κ2) is 7.05. The SMILES string of the molecule is Cc1ccccc1Cc1noc(C(N)CC2CCCCC2)n1. The molecule has 1 saturated carbocycles. The van der Waals surface area contributed by atoms with Gasteiger partial charge in [0.15, 0.2) is 5.82 Å². The zero-order valence-corrected chi connectivity index (χ0v) is 13.3. The van der Waals surface area contributed by atoms with Crippen molar-refractivity contribution in [2.75, 3.05) is 0 Å². The zero-order chi connectivity index (χ0) is 15.4. The number of rotatable bonds is 5. The van der Waals surface area contributed by atoms with E-state index in [1.54, 1.807) is 0 Å². The van der Waals surface area contributed by atoms with Crippen molar-refractivity contribution in [3.05, 3.63) is 47.1 Å². The fraction of sp³-hybridized carbons (Fsp3) is 0.556. The first-order chi connectivity index (χ1) is 10.7. The maximum atomic E-state index is 6.27. The molecule has 0 radical (unpaired) electrons. The quantitative estimate of drug-likeness (QED) is 0.908. The van der Waals surface area contributed by atoms with E-state index in [-0.39, 0.29) is 6.04 Å². The third-order valence-electron chi connectivity index (χ3n) is 4.72. The number of aromatic nitrogens is 2. The van der Waals surface area contributed by atoms with E-state index in [0.717, 1.165) is 18.2 Å². The number of benzene rings is 1. The molecule has 1 aliphatic carbocycles. The fourth-order valence-corrected chi connectivity index (χ4v) is 3.35. The smallest absolute Gasteiger partial charge is 0.243 e. The number of nitrogens with two attached hydrogens (primary N) is 1. The normalized spacial score (nSPS) is 17.5. The van der Waals surface area contributed by atoms with Gasteiger partial charge in [0.25, 0.3) is 0 Å². The second-order valence-corrected chi connectivity index (χ2v) is 6.50. The van der Waals surface area contributed by atoms with Gasteiger partial charge in [-0.3, -0.25) is 0 Å². The lowest BCUT2D eigenvalue weighted by Gasteiger charge is -2.22. The van der Waals surface area contributed by atoms with Gasteiger partial charge in [-0.05, 0) is 30.4 Å². The summed E-state index contributed by atoms with van der Waals surface area (Å²) >= 11 is 0. The topological polar surface area (TPSA) is 64.9 Å². The summed E-state index contributed by atoms with van der Waals surface area (Å²) in [6, 6.07) is 8.16. The largest absolute Gasteiger partial charge is 0.338 e. The lowest BCUT2D eigenvalue weighted by Crippen LogP contribution is -2.17. The minimum Gasteiger partial charge on any atom is -0.338 e. The Morgan fingerprint density at radius 2 is 2.00 bits per heavy atom. The van der Waals surface area contributed by atoms with E-state index < -0.39 is 0 Å². The first kappa shape index (κ1) is 15.2. The van der Waals surface area contributed by atoms with Gasteiger partial charge in [-0.2, -0.15) is 4.98 Å². The van der Waals surface area contributed by atoms with Crippen LogP contribution in [0.3, 0.4) is 0 Å². The van der Waals surface area contributed by atoms with Crippen LogP contribution in [0.2, 0.25) is 0 Å². The highest BCUT2D eigenvalue weighted by Crippen LogP contribution is 2.30. The van der Waals surface area contributed by atoms with Crippen LogP contribution in [0.25, 0.3) is 0 Å². The zero-order valence-electron chi connectivity index (χ0n) is 13.3. The van der Waals surface area contributed by atoms with Crippen LogP contribution in [0.5, 0.6) is 0 Å². The van der Waals surface area contributed by atoms with Crippen LogP contribution in [-0.2, 0) is 6.42 Å². The highest BCUT2D eigenvalue weighted by molar-refractivity contribution is 5.28. The van der Waals surface area contributed by atoms with Crippen LogP contribution in [0.1, 0.15) is 67.4 Å². The summed E-state index contributed by atoms with van der Waals surface area (Å²) in [7, 11) is 0. The predicted octanol–water partition coefficient (Wildman–Crippen LogP) is 3.94. The van der Waals surface area contributed by atoms with Crippen molar-refractivity contribution >= 4 is 0 Å². The molecule has 118 valence electrons. The van der Waals surface area contributed by atoms with Gasteiger partial charge in [-0.15, -0.1) is 0 Å². The number of hydrogen-bond donors (Lipinski definition) is 1.